The summed E-state index contributed by atoms with van der Waals surface area (Å²) >= 11 is 0. The van der Waals surface area contributed by atoms with Crippen LogP contribution < -0.4 is 16.4 Å². The van der Waals surface area contributed by atoms with E-state index in [2.05, 4.69) is 15.6 Å². The third-order valence-electron chi connectivity index (χ3n) is 3.85. The van der Waals surface area contributed by atoms with Crippen molar-refractivity contribution in [2.24, 2.45) is 11.7 Å². The summed E-state index contributed by atoms with van der Waals surface area (Å²) in [6.45, 7) is 6.24. The summed E-state index contributed by atoms with van der Waals surface area (Å²) in [4.78, 5) is 27.6. The normalized spacial score (nSPS) is 12.0. The van der Waals surface area contributed by atoms with E-state index in [0.29, 0.717) is 13.0 Å². The molecule has 0 aliphatic rings. The highest BCUT2D eigenvalue weighted by atomic mass is 16.2. The Morgan fingerprint density at radius 3 is 2.44 bits per heavy atom. The van der Waals surface area contributed by atoms with Gasteiger partial charge in [-0.15, -0.1) is 0 Å². The molecule has 0 aliphatic heterocycles. The fourth-order valence-electron chi connectivity index (χ4n) is 2.53. The molecule has 7 nitrogen and oxygen atoms in total. The van der Waals surface area contributed by atoms with Gasteiger partial charge >= 0.3 is 6.03 Å². The summed E-state index contributed by atoms with van der Waals surface area (Å²) < 4.78 is 1.98. The second kappa shape index (κ2) is 8.32. The number of nitrogens with zero attached hydrogens (tertiary/aromatic N) is 2. The second-order valence-corrected chi connectivity index (χ2v) is 6.42. The second-order valence-electron chi connectivity index (χ2n) is 6.42. The van der Waals surface area contributed by atoms with E-state index in [9.17, 15) is 9.59 Å². The average molecular weight is 343 g/mol. The molecule has 0 radical (unpaired) electrons. The quantitative estimate of drug-likeness (QED) is 0.715. The third-order valence-corrected chi connectivity index (χ3v) is 3.85. The van der Waals surface area contributed by atoms with Crippen molar-refractivity contribution in [1.29, 1.82) is 0 Å². The molecular weight excluding hydrogens is 318 g/mol. The van der Waals surface area contributed by atoms with Crippen LogP contribution in [0.2, 0.25) is 0 Å². The average Bonchev–Trinajstić information content (AvgIpc) is 2.98. The number of hydrogen-bond donors (Lipinski definition) is 3. The Hall–Kier alpha value is -2.83. The first-order valence-corrected chi connectivity index (χ1v) is 8.29. The number of carbonyl (C=O) groups excluding carboxylic acids is 2. The lowest BCUT2D eigenvalue weighted by Crippen LogP contribution is -2.48. The molecule has 1 atom stereocenters. The Kier molecular flexibility index (Phi) is 6.16. The number of hydrogen-bond acceptors (Lipinski definition) is 3. The molecular formula is C18H25N5O2. The van der Waals surface area contributed by atoms with Gasteiger partial charge in [0, 0.05) is 24.6 Å². The molecule has 0 saturated heterocycles. The number of aromatic nitrogens is 2. The topological polar surface area (TPSA) is 102 Å². The van der Waals surface area contributed by atoms with Gasteiger partial charge in [-0.1, -0.05) is 26.0 Å². The first kappa shape index (κ1) is 18.5. The van der Waals surface area contributed by atoms with Gasteiger partial charge in [0.15, 0.2) is 0 Å². The smallest absolute Gasteiger partial charge is 0.315 e. The minimum atomic E-state index is -0.661. The van der Waals surface area contributed by atoms with Gasteiger partial charge in [0.1, 0.15) is 11.9 Å². The van der Waals surface area contributed by atoms with Crippen molar-refractivity contribution in [2.75, 3.05) is 0 Å². The van der Waals surface area contributed by atoms with E-state index in [1.54, 1.807) is 6.20 Å². The standard InChI is InChI=1S/C18H25N5O2/c1-12(2)10-16(17(19)24)22-18(25)21-11-14-4-6-15(7-5-14)23-9-8-20-13(23)3/h4-9,12,16H,10-11H2,1-3H3,(H2,19,24)(H2,21,22,25)/t16-/m0/s1. The number of aryl methyl sites for hydroxylation is 1. The van der Waals surface area contributed by atoms with Crippen LogP contribution in [-0.2, 0) is 11.3 Å². The molecule has 134 valence electrons. The molecule has 2 rings (SSSR count). The van der Waals surface area contributed by atoms with Crippen LogP contribution in [0, 0.1) is 12.8 Å². The van der Waals surface area contributed by atoms with Crippen molar-refractivity contribution >= 4 is 11.9 Å². The molecule has 25 heavy (non-hydrogen) atoms. The van der Waals surface area contributed by atoms with Crippen LogP contribution in [0.1, 0.15) is 31.7 Å². The number of imidazole rings is 1. The highest BCUT2D eigenvalue weighted by molar-refractivity contribution is 5.85. The van der Waals surface area contributed by atoms with Gasteiger partial charge in [-0.3, -0.25) is 4.79 Å². The molecule has 0 unspecified atom stereocenters. The maximum atomic E-state index is 12.0. The molecule has 0 bridgehead atoms. The monoisotopic (exact) mass is 343 g/mol. The molecule has 0 saturated carbocycles. The number of primary amides is 1. The zero-order chi connectivity index (χ0) is 18.4. The van der Waals surface area contributed by atoms with E-state index in [4.69, 9.17) is 5.73 Å². The molecule has 1 aromatic heterocycles. The lowest BCUT2D eigenvalue weighted by molar-refractivity contribution is -0.120. The molecule has 7 heteroatoms. The predicted octanol–water partition coefficient (Wildman–Crippen LogP) is 1.88. The zero-order valence-electron chi connectivity index (χ0n) is 14.8. The van der Waals surface area contributed by atoms with E-state index in [-0.39, 0.29) is 5.92 Å². The van der Waals surface area contributed by atoms with E-state index in [0.717, 1.165) is 17.1 Å². The number of benzene rings is 1. The van der Waals surface area contributed by atoms with Crippen LogP contribution in [-0.4, -0.2) is 27.5 Å². The predicted molar refractivity (Wildman–Crippen MR) is 96.1 cm³/mol. The van der Waals surface area contributed by atoms with E-state index < -0.39 is 18.0 Å². The first-order valence-electron chi connectivity index (χ1n) is 8.29. The summed E-state index contributed by atoms with van der Waals surface area (Å²) in [5.41, 5.74) is 7.29. The maximum absolute atomic E-state index is 12.0. The summed E-state index contributed by atoms with van der Waals surface area (Å²) in [6, 6.07) is 6.75. The number of nitrogens with one attached hydrogen (secondary N) is 2. The summed E-state index contributed by atoms with van der Waals surface area (Å²) in [5.74, 6) is 0.647. The van der Waals surface area contributed by atoms with Crippen molar-refractivity contribution in [1.82, 2.24) is 20.2 Å². The SMILES string of the molecule is Cc1nccn1-c1ccc(CNC(=O)N[C@@H](CC(C)C)C(N)=O)cc1. The van der Waals surface area contributed by atoms with Crippen molar-refractivity contribution in [3.05, 3.63) is 48.0 Å². The van der Waals surface area contributed by atoms with Gasteiger partial charge in [0.05, 0.1) is 0 Å². The van der Waals surface area contributed by atoms with Crippen molar-refractivity contribution in [2.45, 2.75) is 39.8 Å². The lowest BCUT2D eigenvalue weighted by Gasteiger charge is -2.17. The van der Waals surface area contributed by atoms with Crippen LogP contribution in [0.5, 0.6) is 0 Å². The van der Waals surface area contributed by atoms with Gasteiger partial charge < -0.3 is 20.9 Å². The fraction of sp³-hybridized carbons (Fsp3) is 0.389. The summed E-state index contributed by atoms with van der Waals surface area (Å²) in [6.07, 6.45) is 4.16. The van der Waals surface area contributed by atoms with E-state index in [1.165, 1.54) is 0 Å². The van der Waals surface area contributed by atoms with Crippen molar-refractivity contribution in [3.63, 3.8) is 0 Å². The first-order chi connectivity index (χ1) is 11.9. The maximum Gasteiger partial charge on any atom is 0.315 e. The zero-order valence-corrected chi connectivity index (χ0v) is 14.8. The number of carbonyl (C=O) groups is 2. The minimum Gasteiger partial charge on any atom is -0.368 e. The van der Waals surface area contributed by atoms with Crippen LogP contribution in [0.4, 0.5) is 4.79 Å². The highest BCUT2D eigenvalue weighted by Crippen LogP contribution is 2.11. The number of rotatable bonds is 7. The molecule has 0 fully saturated rings. The third kappa shape index (κ3) is 5.34. The van der Waals surface area contributed by atoms with Crippen LogP contribution in [0.3, 0.4) is 0 Å². The van der Waals surface area contributed by atoms with Gasteiger partial charge in [0.2, 0.25) is 5.91 Å². The molecule has 0 spiro atoms. The fourth-order valence-corrected chi connectivity index (χ4v) is 2.53. The van der Waals surface area contributed by atoms with Gasteiger partial charge in [-0.05, 0) is 37.0 Å². The molecule has 1 aromatic carbocycles. The summed E-state index contributed by atoms with van der Waals surface area (Å²) in [7, 11) is 0. The number of amides is 3. The molecule has 4 N–H and O–H groups in total. The van der Waals surface area contributed by atoms with Crippen molar-refractivity contribution < 1.29 is 9.59 Å². The Morgan fingerprint density at radius 2 is 1.92 bits per heavy atom. The number of nitrogens with two attached hydrogens (primary N) is 1. The van der Waals surface area contributed by atoms with Crippen LogP contribution in [0.15, 0.2) is 36.7 Å². The van der Waals surface area contributed by atoms with Crippen molar-refractivity contribution in [3.8, 4) is 5.69 Å². The van der Waals surface area contributed by atoms with Crippen LogP contribution >= 0.6 is 0 Å². The highest BCUT2D eigenvalue weighted by Gasteiger charge is 2.18. The summed E-state index contributed by atoms with van der Waals surface area (Å²) in [5, 5.41) is 5.37. The van der Waals surface area contributed by atoms with Gasteiger partial charge in [-0.2, -0.15) is 0 Å². The lowest BCUT2D eigenvalue weighted by atomic mass is 10.0. The minimum absolute atomic E-state index is 0.261. The molecule has 3 amide bonds. The molecule has 2 aromatic rings. The largest absolute Gasteiger partial charge is 0.368 e. The van der Waals surface area contributed by atoms with E-state index in [1.807, 2.05) is 55.8 Å². The van der Waals surface area contributed by atoms with Gasteiger partial charge in [0.25, 0.3) is 0 Å². The van der Waals surface area contributed by atoms with Crippen LogP contribution in [0.25, 0.3) is 5.69 Å². The van der Waals surface area contributed by atoms with E-state index >= 15 is 0 Å². The van der Waals surface area contributed by atoms with Gasteiger partial charge in [-0.25, -0.2) is 9.78 Å². The molecule has 0 aliphatic carbocycles. The number of urea groups is 1. The Balaban J connectivity index is 1.89. The Labute approximate surface area is 147 Å². The Bertz CT molecular complexity index is 721. The Morgan fingerprint density at radius 1 is 1.24 bits per heavy atom. The molecule has 1 heterocycles.